The summed E-state index contributed by atoms with van der Waals surface area (Å²) in [5.41, 5.74) is 0.861. The van der Waals surface area contributed by atoms with Gasteiger partial charge in [-0.3, -0.25) is 4.90 Å². The van der Waals surface area contributed by atoms with Gasteiger partial charge in [0.25, 0.3) is 0 Å². The highest BCUT2D eigenvalue weighted by atomic mass is 16.5. The van der Waals surface area contributed by atoms with E-state index < -0.39 is 0 Å². The van der Waals surface area contributed by atoms with Crippen molar-refractivity contribution in [2.45, 2.75) is 32.1 Å². The number of hydrogen-bond acceptors (Lipinski definition) is 3. The zero-order valence-electron chi connectivity index (χ0n) is 13.1. The number of ether oxygens (including phenoxy) is 2. The molecule has 2 fully saturated rings. The van der Waals surface area contributed by atoms with Crippen LogP contribution in [0.2, 0.25) is 0 Å². The summed E-state index contributed by atoms with van der Waals surface area (Å²) < 4.78 is 11.4. The molecule has 2 amide bonds. The standard InChI is InChI=1S/C17H24N2O3/c1-21-15-8-7-14(19-10-4-9-18-17(19)20)11-16(15)22-12-13-5-2-3-6-13/h7-8,11,13H,2-6,9-10,12H2,1H3,(H,18,20). The number of urea groups is 1. The average molecular weight is 304 g/mol. The van der Waals surface area contributed by atoms with Crippen molar-refractivity contribution < 1.29 is 14.3 Å². The maximum Gasteiger partial charge on any atom is 0.321 e. The molecule has 120 valence electrons. The van der Waals surface area contributed by atoms with Gasteiger partial charge >= 0.3 is 6.03 Å². The van der Waals surface area contributed by atoms with Crippen LogP contribution in [0.25, 0.3) is 0 Å². The van der Waals surface area contributed by atoms with E-state index in [1.54, 1.807) is 12.0 Å². The Morgan fingerprint density at radius 3 is 2.77 bits per heavy atom. The fraction of sp³-hybridized carbons (Fsp3) is 0.588. The second-order valence-electron chi connectivity index (χ2n) is 6.03. The normalized spacial score (nSPS) is 19.1. The molecular formula is C17H24N2O3. The molecule has 0 spiro atoms. The van der Waals surface area contributed by atoms with Crippen molar-refractivity contribution in [3.63, 3.8) is 0 Å². The van der Waals surface area contributed by atoms with Crippen molar-refractivity contribution in [3.05, 3.63) is 18.2 Å². The Morgan fingerprint density at radius 1 is 1.23 bits per heavy atom. The molecule has 1 aliphatic heterocycles. The number of nitrogens with zero attached hydrogens (tertiary/aromatic N) is 1. The first-order valence-corrected chi connectivity index (χ1v) is 8.14. The van der Waals surface area contributed by atoms with Crippen molar-refractivity contribution in [2.75, 3.05) is 31.7 Å². The van der Waals surface area contributed by atoms with Gasteiger partial charge in [-0.2, -0.15) is 0 Å². The van der Waals surface area contributed by atoms with Crippen molar-refractivity contribution in [1.82, 2.24) is 5.32 Å². The summed E-state index contributed by atoms with van der Waals surface area (Å²) in [6.45, 7) is 2.21. The lowest BCUT2D eigenvalue weighted by molar-refractivity contribution is 0.239. The number of amides is 2. The largest absolute Gasteiger partial charge is 0.493 e. The van der Waals surface area contributed by atoms with E-state index in [0.29, 0.717) is 5.92 Å². The number of anilines is 1. The van der Waals surface area contributed by atoms with Gasteiger partial charge in [0.05, 0.1) is 13.7 Å². The summed E-state index contributed by atoms with van der Waals surface area (Å²) in [6.07, 6.45) is 6.06. The van der Waals surface area contributed by atoms with Gasteiger partial charge < -0.3 is 14.8 Å². The van der Waals surface area contributed by atoms with Gasteiger partial charge in [-0.05, 0) is 37.3 Å². The molecule has 3 rings (SSSR count). The van der Waals surface area contributed by atoms with Gasteiger partial charge in [-0.1, -0.05) is 12.8 Å². The Balaban J connectivity index is 1.74. The molecule has 1 N–H and O–H groups in total. The van der Waals surface area contributed by atoms with Gasteiger partial charge in [0.2, 0.25) is 0 Å². The van der Waals surface area contributed by atoms with E-state index in [4.69, 9.17) is 9.47 Å². The maximum atomic E-state index is 12.0. The Labute approximate surface area is 131 Å². The third kappa shape index (κ3) is 3.29. The van der Waals surface area contributed by atoms with Gasteiger partial charge in [-0.25, -0.2) is 4.79 Å². The number of rotatable bonds is 5. The Bertz CT molecular complexity index is 527. The van der Waals surface area contributed by atoms with E-state index in [2.05, 4.69) is 5.32 Å². The molecule has 1 saturated heterocycles. The molecule has 0 radical (unpaired) electrons. The van der Waals surface area contributed by atoms with Crippen LogP contribution in [0.4, 0.5) is 10.5 Å². The molecule has 5 nitrogen and oxygen atoms in total. The number of methoxy groups -OCH3 is 1. The Morgan fingerprint density at radius 2 is 2.05 bits per heavy atom. The summed E-state index contributed by atoms with van der Waals surface area (Å²) in [5, 5.41) is 2.87. The smallest absolute Gasteiger partial charge is 0.321 e. The molecule has 1 aliphatic carbocycles. The SMILES string of the molecule is COc1ccc(N2CCCNC2=O)cc1OCC1CCCC1. The Hall–Kier alpha value is -1.91. The van der Waals surface area contributed by atoms with E-state index >= 15 is 0 Å². The molecule has 22 heavy (non-hydrogen) atoms. The lowest BCUT2D eigenvalue weighted by Crippen LogP contribution is -2.46. The third-order valence-corrected chi connectivity index (χ3v) is 4.49. The highest BCUT2D eigenvalue weighted by Gasteiger charge is 2.21. The van der Waals surface area contributed by atoms with Crippen LogP contribution >= 0.6 is 0 Å². The predicted molar refractivity (Wildman–Crippen MR) is 85.8 cm³/mol. The van der Waals surface area contributed by atoms with Gasteiger partial charge in [-0.15, -0.1) is 0 Å². The van der Waals surface area contributed by atoms with Gasteiger partial charge in [0.15, 0.2) is 11.5 Å². The maximum absolute atomic E-state index is 12.0. The minimum absolute atomic E-state index is 0.0434. The first-order chi connectivity index (χ1) is 10.8. The second kappa shape index (κ2) is 6.90. The zero-order valence-corrected chi connectivity index (χ0v) is 13.1. The quantitative estimate of drug-likeness (QED) is 0.909. The number of benzene rings is 1. The highest BCUT2D eigenvalue weighted by Crippen LogP contribution is 2.34. The summed E-state index contributed by atoms with van der Waals surface area (Å²) in [4.78, 5) is 13.7. The van der Waals surface area contributed by atoms with Crippen LogP contribution in [0.15, 0.2) is 18.2 Å². The van der Waals surface area contributed by atoms with Crippen LogP contribution in [0.1, 0.15) is 32.1 Å². The number of nitrogens with one attached hydrogen (secondary N) is 1. The molecule has 1 aromatic rings. The summed E-state index contributed by atoms with van der Waals surface area (Å²) in [5.74, 6) is 2.09. The topological polar surface area (TPSA) is 50.8 Å². The van der Waals surface area contributed by atoms with E-state index in [-0.39, 0.29) is 6.03 Å². The first kappa shape index (κ1) is 15.0. The molecule has 0 unspecified atom stereocenters. The van der Waals surface area contributed by atoms with E-state index in [9.17, 15) is 4.79 Å². The average Bonchev–Trinajstić information content (AvgIpc) is 3.06. The number of carbonyl (C=O) groups excluding carboxylic acids is 1. The molecule has 1 aromatic carbocycles. The fourth-order valence-electron chi connectivity index (χ4n) is 3.21. The highest BCUT2D eigenvalue weighted by molar-refractivity contribution is 5.93. The molecule has 0 atom stereocenters. The van der Waals surface area contributed by atoms with E-state index in [1.165, 1.54) is 25.7 Å². The van der Waals surface area contributed by atoms with Crippen LogP contribution in [0, 0.1) is 5.92 Å². The summed E-state index contributed by atoms with van der Waals surface area (Å²) in [7, 11) is 1.64. The molecule has 5 heteroatoms. The zero-order chi connectivity index (χ0) is 15.4. The second-order valence-corrected chi connectivity index (χ2v) is 6.03. The predicted octanol–water partition coefficient (Wildman–Crippen LogP) is 3.18. The molecule has 1 heterocycles. The van der Waals surface area contributed by atoms with Crippen LogP contribution in [0.3, 0.4) is 0 Å². The third-order valence-electron chi connectivity index (χ3n) is 4.49. The van der Waals surface area contributed by atoms with E-state index in [0.717, 1.165) is 43.3 Å². The minimum atomic E-state index is -0.0434. The van der Waals surface area contributed by atoms with Crippen LogP contribution in [-0.2, 0) is 0 Å². The summed E-state index contributed by atoms with van der Waals surface area (Å²) in [6, 6.07) is 5.66. The fourth-order valence-corrected chi connectivity index (χ4v) is 3.21. The monoisotopic (exact) mass is 304 g/mol. The Kier molecular flexibility index (Phi) is 4.71. The minimum Gasteiger partial charge on any atom is -0.493 e. The number of carbonyl (C=O) groups is 1. The van der Waals surface area contributed by atoms with Crippen LogP contribution < -0.4 is 19.7 Å². The van der Waals surface area contributed by atoms with Crippen molar-refractivity contribution in [2.24, 2.45) is 5.92 Å². The lowest BCUT2D eigenvalue weighted by atomic mass is 10.1. The molecule has 2 aliphatic rings. The molecule has 1 saturated carbocycles. The van der Waals surface area contributed by atoms with Crippen molar-refractivity contribution >= 4 is 11.7 Å². The first-order valence-electron chi connectivity index (χ1n) is 8.14. The molecular weight excluding hydrogens is 280 g/mol. The molecule has 0 bridgehead atoms. The van der Waals surface area contributed by atoms with E-state index in [1.807, 2.05) is 18.2 Å². The van der Waals surface area contributed by atoms with Crippen LogP contribution in [-0.4, -0.2) is 32.8 Å². The van der Waals surface area contributed by atoms with Crippen molar-refractivity contribution in [1.29, 1.82) is 0 Å². The summed E-state index contributed by atoms with van der Waals surface area (Å²) >= 11 is 0. The van der Waals surface area contributed by atoms with Crippen LogP contribution in [0.5, 0.6) is 11.5 Å². The van der Waals surface area contributed by atoms with Gasteiger partial charge in [0.1, 0.15) is 0 Å². The number of hydrogen-bond donors (Lipinski definition) is 1. The lowest BCUT2D eigenvalue weighted by Gasteiger charge is -2.28. The van der Waals surface area contributed by atoms with Crippen molar-refractivity contribution in [3.8, 4) is 11.5 Å². The molecule has 0 aromatic heterocycles. The van der Waals surface area contributed by atoms with Gasteiger partial charge in [0, 0.05) is 24.8 Å².